The molecule has 0 saturated heterocycles. The summed E-state index contributed by atoms with van der Waals surface area (Å²) in [7, 11) is 3.17. The van der Waals surface area contributed by atoms with Gasteiger partial charge in [0, 0.05) is 35.8 Å². The number of fused-ring (bicyclic) bond motifs is 1. The van der Waals surface area contributed by atoms with Crippen LogP contribution in [0.1, 0.15) is 30.9 Å². The molecule has 2 aromatic carbocycles. The first kappa shape index (κ1) is 20.1. The van der Waals surface area contributed by atoms with Gasteiger partial charge >= 0.3 is 0 Å². The number of benzene rings is 2. The van der Waals surface area contributed by atoms with Crippen molar-refractivity contribution in [1.82, 2.24) is 4.90 Å². The van der Waals surface area contributed by atoms with Gasteiger partial charge in [0.15, 0.2) is 17.6 Å². The summed E-state index contributed by atoms with van der Waals surface area (Å²) in [5.41, 5.74) is 2.41. The van der Waals surface area contributed by atoms with Gasteiger partial charge in [-0.3, -0.25) is 9.59 Å². The van der Waals surface area contributed by atoms with E-state index in [1.54, 1.807) is 26.0 Å². The average molecular weight is 410 g/mol. The molecule has 0 radical (unpaired) electrons. The highest BCUT2D eigenvalue weighted by Crippen LogP contribution is 2.35. The van der Waals surface area contributed by atoms with Crippen molar-refractivity contribution in [1.29, 1.82) is 0 Å². The van der Waals surface area contributed by atoms with Crippen LogP contribution in [0.3, 0.4) is 0 Å². The third-order valence-corrected chi connectivity index (χ3v) is 5.45. The summed E-state index contributed by atoms with van der Waals surface area (Å²) in [6.45, 7) is 2.47. The number of nitrogens with one attached hydrogen (secondary N) is 1. The minimum Gasteiger partial charge on any atom is -0.493 e. The molecule has 0 spiro atoms. The van der Waals surface area contributed by atoms with Crippen LogP contribution < -0.4 is 19.5 Å². The normalized spacial score (nSPS) is 18.2. The SMILES string of the molecule is COc1cccc(CN2Cc3cc(NC(=O)C4CC4)ccc3O[C@@H](C)C2=O)c1OC. The fourth-order valence-electron chi connectivity index (χ4n) is 3.68. The third-order valence-electron chi connectivity index (χ3n) is 5.45. The fraction of sp³-hybridized carbons (Fsp3) is 0.391. The molecule has 2 aromatic rings. The number of rotatable bonds is 6. The molecule has 2 amide bonds. The van der Waals surface area contributed by atoms with Crippen molar-refractivity contribution in [3.8, 4) is 17.2 Å². The van der Waals surface area contributed by atoms with Gasteiger partial charge in [-0.2, -0.15) is 0 Å². The largest absolute Gasteiger partial charge is 0.493 e. The lowest BCUT2D eigenvalue weighted by molar-refractivity contribution is -0.138. The van der Waals surface area contributed by atoms with Crippen molar-refractivity contribution < 1.29 is 23.8 Å². The number of hydrogen-bond acceptors (Lipinski definition) is 5. The Balaban J connectivity index is 1.60. The molecular formula is C23H26N2O5. The van der Waals surface area contributed by atoms with Gasteiger partial charge in [-0.15, -0.1) is 0 Å². The molecule has 4 rings (SSSR count). The van der Waals surface area contributed by atoms with Gasteiger partial charge in [-0.25, -0.2) is 0 Å². The molecule has 1 fully saturated rings. The number of anilines is 1. The molecule has 0 unspecified atom stereocenters. The van der Waals surface area contributed by atoms with E-state index in [1.807, 2.05) is 36.4 Å². The first-order valence-corrected chi connectivity index (χ1v) is 10.1. The summed E-state index contributed by atoms with van der Waals surface area (Å²) in [5, 5.41) is 2.96. The summed E-state index contributed by atoms with van der Waals surface area (Å²) < 4.78 is 16.8. The summed E-state index contributed by atoms with van der Waals surface area (Å²) in [5.74, 6) is 1.94. The highest BCUT2D eigenvalue weighted by molar-refractivity contribution is 5.94. The molecule has 1 heterocycles. The van der Waals surface area contributed by atoms with Gasteiger partial charge < -0.3 is 24.4 Å². The maximum Gasteiger partial charge on any atom is 0.263 e. The van der Waals surface area contributed by atoms with Crippen molar-refractivity contribution >= 4 is 17.5 Å². The number of para-hydroxylation sites is 1. The van der Waals surface area contributed by atoms with E-state index in [4.69, 9.17) is 14.2 Å². The smallest absolute Gasteiger partial charge is 0.263 e. The molecule has 7 heteroatoms. The van der Waals surface area contributed by atoms with E-state index in [0.717, 1.165) is 29.7 Å². The second-order valence-corrected chi connectivity index (χ2v) is 7.69. The van der Waals surface area contributed by atoms with Gasteiger partial charge in [0.05, 0.1) is 14.2 Å². The molecule has 1 atom stereocenters. The fourth-order valence-corrected chi connectivity index (χ4v) is 3.68. The van der Waals surface area contributed by atoms with E-state index < -0.39 is 6.10 Å². The predicted octanol–water partition coefficient (Wildman–Crippen LogP) is 3.36. The maximum atomic E-state index is 13.0. The van der Waals surface area contributed by atoms with Crippen molar-refractivity contribution in [2.75, 3.05) is 19.5 Å². The van der Waals surface area contributed by atoms with E-state index in [9.17, 15) is 9.59 Å². The highest BCUT2D eigenvalue weighted by atomic mass is 16.5. The van der Waals surface area contributed by atoms with Crippen LogP contribution in [0.25, 0.3) is 0 Å². The zero-order valence-corrected chi connectivity index (χ0v) is 17.4. The van der Waals surface area contributed by atoms with Crippen LogP contribution in [0.15, 0.2) is 36.4 Å². The van der Waals surface area contributed by atoms with Crippen molar-refractivity contribution in [2.45, 2.75) is 39.0 Å². The minimum absolute atomic E-state index is 0.0481. The quantitative estimate of drug-likeness (QED) is 0.790. The minimum atomic E-state index is -0.616. The van der Waals surface area contributed by atoms with E-state index in [2.05, 4.69) is 5.32 Å². The zero-order chi connectivity index (χ0) is 21.3. The molecule has 0 aromatic heterocycles. The van der Waals surface area contributed by atoms with Crippen molar-refractivity contribution in [2.24, 2.45) is 5.92 Å². The molecule has 158 valence electrons. The van der Waals surface area contributed by atoms with Gasteiger partial charge in [0.25, 0.3) is 5.91 Å². The van der Waals surface area contributed by atoms with Crippen LogP contribution >= 0.6 is 0 Å². The van der Waals surface area contributed by atoms with Gasteiger partial charge in [-0.05, 0) is 44.0 Å². The molecule has 1 saturated carbocycles. The summed E-state index contributed by atoms with van der Waals surface area (Å²) in [4.78, 5) is 26.8. The van der Waals surface area contributed by atoms with Gasteiger partial charge in [0.1, 0.15) is 5.75 Å². The molecule has 7 nitrogen and oxygen atoms in total. The maximum absolute atomic E-state index is 13.0. The molecule has 2 aliphatic rings. The summed E-state index contributed by atoms with van der Waals surface area (Å²) in [6, 6.07) is 11.1. The average Bonchev–Trinajstić information content (AvgIpc) is 3.59. The summed E-state index contributed by atoms with van der Waals surface area (Å²) >= 11 is 0. The molecule has 1 aliphatic carbocycles. The topological polar surface area (TPSA) is 77.1 Å². The molecule has 0 bridgehead atoms. The van der Waals surface area contributed by atoms with Crippen LogP contribution in [0.4, 0.5) is 5.69 Å². The monoisotopic (exact) mass is 410 g/mol. The lowest BCUT2D eigenvalue weighted by Gasteiger charge is -2.24. The number of carbonyl (C=O) groups is 2. The Bertz CT molecular complexity index is 970. The predicted molar refractivity (Wildman–Crippen MR) is 112 cm³/mol. The van der Waals surface area contributed by atoms with E-state index >= 15 is 0 Å². The van der Waals surface area contributed by atoms with E-state index in [1.165, 1.54) is 0 Å². The Kier molecular flexibility index (Phi) is 5.53. The number of hydrogen-bond donors (Lipinski definition) is 1. The number of nitrogens with zero attached hydrogens (tertiary/aromatic N) is 1. The third kappa shape index (κ3) is 4.06. The van der Waals surface area contributed by atoms with E-state index in [-0.39, 0.29) is 17.7 Å². The first-order chi connectivity index (χ1) is 14.5. The standard InChI is InChI=1S/C23H26N2O5/c1-14-23(27)25(12-16-5-4-6-20(28-2)21(16)29-3)13-17-11-18(9-10-19(17)30-14)24-22(26)15-7-8-15/h4-6,9-11,14-15H,7-8,12-13H2,1-3H3,(H,24,26)/t14-/m0/s1. The Morgan fingerprint density at radius 1 is 1.20 bits per heavy atom. The Labute approximate surface area is 175 Å². The molecular weight excluding hydrogens is 384 g/mol. The molecule has 1 N–H and O–H groups in total. The van der Waals surface area contributed by atoms with Crippen LogP contribution in [-0.4, -0.2) is 37.0 Å². The summed E-state index contributed by atoms with van der Waals surface area (Å²) in [6.07, 6.45) is 1.28. The van der Waals surface area contributed by atoms with Crippen LogP contribution in [0.2, 0.25) is 0 Å². The van der Waals surface area contributed by atoms with Crippen LogP contribution in [-0.2, 0) is 22.7 Å². The number of methoxy groups -OCH3 is 2. The second kappa shape index (κ2) is 8.26. The zero-order valence-electron chi connectivity index (χ0n) is 17.4. The Morgan fingerprint density at radius 2 is 2.00 bits per heavy atom. The van der Waals surface area contributed by atoms with Crippen LogP contribution in [0.5, 0.6) is 17.2 Å². The number of ether oxygens (including phenoxy) is 3. The van der Waals surface area contributed by atoms with Gasteiger partial charge in [0.2, 0.25) is 5.91 Å². The Morgan fingerprint density at radius 3 is 2.70 bits per heavy atom. The lowest BCUT2D eigenvalue weighted by Crippen LogP contribution is -2.37. The first-order valence-electron chi connectivity index (χ1n) is 10.1. The van der Waals surface area contributed by atoms with Crippen LogP contribution in [0, 0.1) is 5.92 Å². The van der Waals surface area contributed by atoms with Gasteiger partial charge in [-0.1, -0.05) is 12.1 Å². The second-order valence-electron chi connectivity index (χ2n) is 7.69. The van der Waals surface area contributed by atoms with E-state index in [0.29, 0.717) is 30.3 Å². The lowest BCUT2D eigenvalue weighted by atomic mass is 10.1. The highest BCUT2D eigenvalue weighted by Gasteiger charge is 2.31. The number of carbonyl (C=O) groups excluding carboxylic acids is 2. The van der Waals surface area contributed by atoms with Crippen molar-refractivity contribution in [3.63, 3.8) is 0 Å². The molecule has 1 aliphatic heterocycles. The van der Waals surface area contributed by atoms with Crippen molar-refractivity contribution in [3.05, 3.63) is 47.5 Å². The Hall–Kier alpha value is -3.22. The molecule has 30 heavy (non-hydrogen) atoms. The number of amides is 2.